The summed E-state index contributed by atoms with van der Waals surface area (Å²) < 4.78 is 29.0. The fourth-order valence-electron chi connectivity index (χ4n) is 2.68. The maximum atomic E-state index is 11.7. The van der Waals surface area contributed by atoms with Crippen LogP contribution in [0.25, 0.3) is 0 Å². The van der Waals surface area contributed by atoms with Gasteiger partial charge in [-0.15, -0.1) is 0 Å². The number of sulfone groups is 1. The van der Waals surface area contributed by atoms with Crippen molar-refractivity contribution in [1.82, 2.24) is 0 Å². The molecule has 0 saturated carbocycles. The Hall–Kier alpha value is -1.67. The monoisotopic (exact) mass is 328 g/mol. The number of nitrogens with zero attached hydrogens (tertiary/aromatic N) is 1. The molecule has 0 radical (unpaired) electrons. The third-order valence-electron chi connectivity index (χ3n) is 3.62. The fraction of sp³-hybridized carbons (Fsp3) is 0.571. The van der Waals surface area contributed by atoms with Crippen molar-refractivity contribution in [3.8, 4) is 0 Å². The highest BCUT2D eigenvalue weighted by Crippen LogP contribution is 2.33. The Bertz CT molecular complexity index is 653. The van der Waals surface area contributed by atoms with Gasteiger partial charge < -0.3 is 10.1 Å². The van der Waals surface area contributed by atoms with Crippen LogP contribution in [0.3, 0.4) is 0 Å². The van der Waals surface area contributed by atoms with Gasteiger partial charge in [-0.05, 0) is 38.3 Å². The standard InChI is InChI=1S/C14H20N2O5S/c1-10(9-11-5-4-8-21-11)15-12-6-3-7-13(22(2,19)20)14(12)16(17)18/h3,6-7,10-11,15H,4-5,8-9H2,1-2H3. The van der Waals surface area contributed by atoms with Gasteiger partial charge >= 0.3 is 5.69 Å². The summed E-state index contributed by atoms with van der Waals surface area (Å²) in [6.45, 7) is 2.65. The van der Waals surface area contributed by atoms with Gasteiger partial charge in [0.1, 0.15) is 10.6 Å². The van der Waals surface area contributed by atoms with Crippen molar-refractivity contribution in [2.45, 2.75) is 43.2 Å². The van der Waals surface area contributed by atoms with Crippen molar-refractivity contribution < 1.29 is 18.1 Å². The van der Waals surface area contributed by atoms with E-state index in [4.69, 9.17) is 4.74 Å². The molecule has 1 aromatic carbocycles. The number of rotatable bonds is 6. The summed E-state index contributed by atoms with van der Waals surface area (Å²) in [4.78, 5) is 10.4. The first kappa shape index (κ1) is 16.7. The average Bonchev–Trinajstić information content (AvgIpc) is 2.89. The smallest absolute Gasteiger partial charge is 0.310 e. The number of para-hydroxylation sites is 1. The topological polar surface area (TPSA) is 98.5 Å². The Balaban J connectivity index is 2.24. The zero-order chi connectivity index (χ0) is 16.3. The number of anilines is 1. The average molecular weight is 328 g/mol. The Labute approximate surface area is 129 Å². The molecule has 0 bridgehead atoms. The maximum Gasteiger partial charge on any atom is 0.310 e. The Kier molecular flexibility index (Phi) is 5.02. The number of nitrogens with one attached hydrogen (secondary N) is 1. The molecule has 1 aliphatic heterocycles. The molecule has 1 aliphatic rings. The van der Waals surface area contributed by atoms with Crippen molar-refractivity contribution in [2.75, 3.05) is 18.2 Å². The van der Waals surface area contributed by atoms with Gasteiger partial charge in [-0.3, -0.25) is 10.1 Å². The lowest BCUT2D eigenvalue weighted by Gasteiger charge is -2.19. The van der Waals surface area contributed by atoms with Gasteiger partial charge in [-0.25, -0.2) is 8.42 Å². The summed E-state index contributed by atoms with van der Waals surface area (Å²) in [6.07, 6.45) is 3.85. The molecule has 0 amide bonds. The lowest BCUT2D eigenvalue weighted by atomic mass is 10.1. The maximum absolute atomic E-state index is 11.7. The van der Waals surface area contributed by atoms with E-state index in [0.29, 0.717) is 0 Å². The van der Waals surface area contributed by atoms with Crippen LogP contribution in [0, 0.1) is 10.1 Å². The molecule has 7 nitrogen and oxygen atoms in total. The molecule has 1 fully saturated rings. The molecule has 22 heavy (non-hydrogen) atoms. The number of nitro benzene ring substituents is 1. The summed E-state index contributed by atoms with van der Waals surface area (Å²) in [7, 11) is -3.67. The number of hydrogen-bond acceptors (Lipinski definition) is 6. The van der Waals surface area contributed by atoms with Gasteiger partial charge in [0.25, 0.3) is 0 Å². The van der Waals surface area contributed by atoms with Crippen LogP contribution in [0.4, 0.5) is 11.4 Å². The SMILES string of the molecule is CC(CC1CCCO1)Nc1cccc(S(C)(=O)=O)c1[N+](=O)[O-]. The highest BCUT2D eigenvalue weighted by atomic mass is 32.2. The van der Waals surface area contributed by atoms with Crippen molar-refractivity contribution in [3.63, 3.8) is 0 Å². The second kappa shape index (κ2) is 6.62. The molecule has 2 atom stereocenters. The zero-order valence-corrected chi connectivity index (χ0v) is 13.4. The quantitative estimate of drug-likeness (QED) is 0.636. The van der Waals surface area contributed by atoms with Crippen LogP contribution in [-0.4, -0.2) is 38.3 Å². The van der Waals surface area contributed by atoms with Gasteiger partial charge in [-0.1, -0.05) is 6.07 Å². The second-order valence-corrected chi connectivity index (χ2v) is 7.58. The van der Waals surface area contributed by atoms with Gasteiger partial charge in [0.15, 0.2) is 9.84 Å². The first-order valence-corrected chi connectivity index (χ1v) is 9.04. The van der Waals surface area contributed by atoms with Crippen LogP contribution in [0.15, 0.2) is 23.1 Å². The molecule has 8 heteroatoms. The van der Waals surface area contributed by atoms with Crippen molar-refractivity contribution in [2.24, 2.45) is 0 Å². The molecular weight excluding hydrogens is 308 g/mol. The van der Waals surface area contributed by atoms with Crippen molar-refractivity contribution in [1.29, 1.82) is 0 Å². The van der Waals surface area contributed by atoms with Gasteiger partial charge in [0.2, 0.25) is 0 Å². The molecular formula is C14H20N2O5S. The van der Waals surface area contributed by atoms with E-state index < -0.39 is 20.4 Å². The Morgan fingerprint density at radius 3 is 2.77 bits per heavy atom. The summed E-state index contributed by atoms with van der Waals surface area (Å²) in [5.41, 5.74) is -0.178. The van der Waals surface area contributed by atoms with Crippen LogP contribution in [-0.2, 0) is 14.6 Å². The van der Waals surface area contributed by atoms with E-state index in [2.05, 4.69) is 5.32 Å². The van der Waals surface area contributed by atoms with Crippen LogP contribution in [0.1, 0.15) is 26.2 Å². The molecule has 2 rings (SSSR count). The van der Waals surface area contributed by atoms with Crippen LogP contribution < -0.4 is 5.32 Å². The Morgan fingerprint density at radius 1 is 1.50 bits per heavy atom. The third kappa shape index (κ3) is 3.95. The third-order valence-corrected chi connectivity index (χ3v) is 4.75. The molecule has 122 valence electrons. The van der Waals surface area contributed by atoms with E-state index in [-0.39, 0.29) is 22.7 Å². The van der Waals surface area contributed by atoms with Gasteiger partial charge in [0.05, 0.1) is 11.0 Å². The number of hydrogen-bond donors (Lipinski definition) is 1. The van der Waals surface area contributed by atoms with Gasteiger partial charge in [0, 0.05) is 18.9 Å². The molecule has 1 saturated heterocycles. The van der Waals surface area contributed by atoms with E-state index in [1.807, 2.05) is 6.92 Å². The molecule has 1 N–H and O–H groups in total. The minimum Gasteiger partial charge on any atom is -0.378 e. The first-order valence-electron chi connectivity index (χ1n) is 7.14. The molecule has 1 aromatic rings. The summed E-state index contributed by atoms with van der Waals surface area (Å²) in [5, 5.41) is 14.3. The van der Waals surface area contributed by atoms with Crippen molar-refractivity contribution in [3.05, 3.63) is 28.3 Å². The highest BCUT2D eigenvalue weighted by molar-refractivity contribution is 7.90. The van der Waals surface area contributed by atoms with E-state index in [0.717, 1.165) is 32.1 Å². The lowest BCUT2D eigenvalue weighted by molar-refractivity contribution is -0.386. The van der Waals surface area contributed by atoms with Crippen LogP contribution in [0.2, 0.25) is 0 Å². The minimum absolute atomic E-state index is 0.0587. The number of nitro groups is 1. The summed E-state index contributed by atoms with van der Waals surface area (Å²) in [5.74, 6) is 0. The van der Waals surface area contributed by atoms with Crippen LogP contribution >= 0.6 is 0 Å². The fourth-order valence-corrected chi connectivity index (χ4v) is 3.54. The second-order valence-electron chi connectivity index (χ2n) is 5.60. The summed E-state index contributed by atoms with van der Waals surface area (Å²) in [6, 6.07) is 4.23. The number of ether oxygens (including phenoxy) is 1. The predicted molar refractivity (Wildman–Crippen MR) is 82.9 cm³/mol. The molecule has 0 aromatic heterocycles. The zero-order valence-electron chi connectivity index (χ0n) is 12.6. The normalized spacial score (nSPS) is 19.8. The largest absolute Gasteiger partial charge is 0.378 e. The Morgan fingerprint density at radius 2 is 2.23 bits per heavy atom. The van der Waals surface area contributed by atoms with E-state index in [9.17, 15) is 18.5 Å². The van der Waals surface area contributed by atoms with Crippen molar-refractivity contribution >= 4 is 21.2 Å². The number of benzene rings is 1. The first-order chi connectivity index (χ1) is 10.3. The molecule has 0 spiro atoms. The highest BCUT2D eigenvalue weighted by Gasteiger charge is 2.27. The van der Waals surface area contributed by atoms with E-state index >= 15 is 0 Å². The molecule has 0 aliphatic carbocycles. The van der Waals surface area contributed by atoms with Gasteiger partial charge in [-0.2, -0.15) is 0 Å². The predicted octanol–water partition coefficient (Wildman–Crippen LogP) is 2.37. The lowest BCUT2D eigenvalue weighted by Crippen LogP contribution is -2.22. The molecule has 1 heterocycles. The summed E-state index contributed by atoms with van der Waals surface area (Å²) >= 11 is 0. The van der Waals surface area contributed by atoms with E-state index in [1.165, 1.54) is 18.2 Å². The van der Waals surface area contributed by atoms with E-state index in [1.54, 1.807) is 0 Å². The van der Waals surface area contributed by atoms with Crippen LogP contribution in [0.5, 0.6) is 0 Å². The molecule has 2 unspecified atom stereocenters. The minimum atomic E-state index is -3.67.